The van der Waals surface area contributed by atoms with Crippen molar-refractivity contribution in [2.45, 2.75) is 32.0 Å². The molecule has 3 aromatic rings. The van der Waals surface area contributed by atoms with E-state index in [4.69, 9.17) is 4.42 Å². The molecule has 0 fully saturated rings. The number of thioether (sulfide) groups is 1. The van der Waals surface area contributed by atoms with Crippen molar-refractivity contribution in [2.24, 2.45) is 0 Å². The first kappa shape index (κ1) is 19.0. The van der Waals surface area contributed by atoms with Crippen LogP contribution in [0.25, 0.3) is 11.4 Å². The first-order chi connectivity index (χ1) is 13.1. The Hall–Kier alpha value is -2.80. The molecule has 1 amide bonds. The molecule has 6 nitrogen and oxygen atoms in total. The van der Waals surface area contributed by atoms with E-state index in [0.717, 1.165) is 29.0 Å². The maximum absolute atomic E-state index is 12.4. The number of allylic oxidation sites excluding steroid dienone is 1. The molecule has 0 atom stereocenters. The number of aromatic nitrogens is 3. The summed E-state index contributed by atoms with van der Waals surface area (Å²) in [7, 11) is 0. The van der Waals surface area contributed by atoms with Gasteiger partial charge in [-0.25, -0.2) is 0 Å². The molecule has 2 heterocycles. The Morgan fingerprint density at radius 3 is 2.85 bits per heavy atom. The lowest BCUT2D eigenvalue weighted by molar-refractivity contribution is -0.113. The molecule has 7 heteroatoms. The summed E-state index contributed by atoms with van der Waals surface area (Å²) in [5.74, 6) is 1.66. The second kappa shape index (κ2) is 8.73. The predicted molar refractivity (Wildman–Crippen MR) is 108 cm³/mol. The number of hydrogen-bond acceptors (Lipinski definition) is 5. The summed E-state index contributed by atoms with van der Waals surface area (Å²) < 4.78 is 7.30. The Labute approximate surface area is 162 Å². The van der Waals surface area contributed by atoms with Gasteiger partial charge in [0.2, 0.25) is 5.91 Å². The third kappa shape index (κ3) is 4.31. The molecule has 0 saturated carbocycles. The van der Waals surface area contributed by atoms with Crippen LogP contribution in [-0.4, -0.2) is 26.4 Å². The third-order valence-corrected chi connectivity index (χ3v) is 5.10. The molecule has 27 heavy (non-hydrogen) atoms. The van der Waals surface area contributed by atoms with Gasteiger partial charge in [-0.05, 0) is 31.0 Å². The number of hydrogen-bond donors (Lipinski definition) is 1. The molecular weight excluding hydrogens is 360 g/mol. The number of furan rings is 1. The molecule has 0 unspecified atom stereocenters. The number of anilines is 1. The van der Waals surface area contributed by atoms with Gasteiger partial charge < -0.3 is 9.73 Å². The van der Waals surface area contributed by atoms with Gasteiger partial charge >= 0.3 is 0 Å². The molecule has 0 radical (unpaired) electrons. The van der Waals surface area contributed by atoms with E-state index in [1.165, 1.54) is 11.8 Å². The van der Waals surface area contributed by atoms with Crippen molar-refractivity contribution in [1.82, 2.24) is 14.8 Å². The molecule has 1 N–H and O–H groups in total. The third-order valence-electron chi connectivity index (χ3n) is 4.13. The summed E-state index contributed by atoms with van der Waals surface area (Å²) in [6.45, 7) is 8.30. The van der Waals surface area contributed by atoms with Gasteiger partial charge in [0.15, 0.2) is 11.0 Å². The van der Waals surface area contributed by atoms with E-state index < -0.39 is 0 Å². The van der Waals surface area contributed by atoms with Crippen LogP contribution in [0.2, 0.25) is 0 Å². The van der Waals surface area contributed by atoms with Gasteiger partial charge in [0.25, 0.3) is 0 Å². The topological polar surface area (TPSA) is 73.0 Å². The molecule has 140 valence electrons. The van der Waals surface area contributed by atoms with Crippen molar-refractivity contribution >= 4 is 23.4 Å². The van der Waals surface area contributed by atoms with Crippen molar-refractivity contribution in [3.63, 3.8) is 0 Å². The number of aryl methyl sites for hydroxylation is 2. The van der Waals surface area contributed by atoms with E-state index in [9.17, 15) is 4.79 Å². The van der Waals surface area contributed by atoms with Crippen LogP contribution in [0.1, 0.15) is 18.2 Å². The van der Waals surface area contributed by atoms with Gasteiger partial charge in [0.1, 0.15) is 5.76 Å². The summed E-state index contributed by atoms with van der Waals surface area (Å²) in [5.41, 5.74) is 2.86. The van der Waals surface area contributed by atoms with Gasteiger partial charge in [0, 0.05) is 12.2 Å². The molecule has 0 aliphatic carbocycles. The molecule has 2 aromatic heterocycles. The zero-order valence-corrected chi connectivity index (χ0v) is 16.3. The molecule has 1 aromatic carbocycles. The Balaban J connectivity index is 1.72. The highest BCUT2D eigenvalue weighted by Gasteiger charge is 2.17. The summed E-state index contributed by atoms with van der Waals surface area (Å²) >= 11 is 1.35. The molecule has 3 rings (SSSR count). The normalized spacial score (nSPS) is 10.7. The molecule has 0 bridgehead atoms. The van der Waals surface area contributed by atoms with Gasteiger partial charge in [-0.3, -0.25) is 9.36 Å². The van der Waals surface area contributed by atoms with Crippen molar-refractivity contribution in [1.29, 1.82) is 0 Å². The number of nitrogens with one attached hydrogen (secondary N) is 1. The fourth-order valence-corrected chi connectivity index (χ4v) is 3.52. The highest BCUT2D eigenvalue weighted by atomic mass is 32.2. The van der Waals surface area contributed by atoms with E-state index in [0.29, 0.717) is 17.5 Å². The second-order valence-electron chi connectivity index (χ2n) is 5.94. The predicted octanol–water partition coefficient (Wildman–Crippen LogP) is 4.33. The smallest absolute Gasteiger partial charge is 0.234 e. The summed E-state index contributed by atoms with van der Waals surface area (Å²) in [4.78, 5) is 12.4. The Bertz CT molecular complexity index is 945. The zero-order chi connectivity index (χ0) is 19.2. The molecule has 0 aliphatic heterocycles. The lowest BCUT2D eigenvalue weighted by atomic mass is 10.1. The molecular formula is C20H22N4O2S. The minimum atomic E-state index is -0.0740. The highest BCUT2D eigenvalue weighted by Crippen LogP contribution is 2.27. The lowest BCUT2D eigenvalue weighted by Gasteiger charge is -2.10. The van der Waals surface area contributed by atoms with E-state index in [1.807, 2.05) is 41.8 Å². The van der Waals surface area contributed by atoms with Crippen molar-refractivity contribution in [3.8, 4) is 11.4 Å². The second-order valence-corrected chi connectivity index (χ2v) is 6.89. The van der Waals surface area contributed by atoms with Crippen LogP contribution in [0, 0.1) is 6.92 Å². The van der Waals surface area contributed by atoms with Crippen LogP contribution in [0.4, 0.5) is 5.69 Å². The fraction of sp³-hybridized carbons (Fsp3) is 0.250. The summed E-state index contributed by atoms with van der Waals surface area (Å²) in [6.07, 6.45) is 4.28. The summed E-state index contributed by atoms with van der Waals surface area (Å²) in [5, 5.41) is 12.2. The maximum Gasteiger partial charge on any atom is 0.234 e. The average molecular weight is 382 g/mol. The zero-order valence-electron chi connectivity index (χ0n) is 15.4. The standard InChI is InChI=1S/C20H22N4O2S/c1-4-11-24-19(16-10-12-26-14(16)3)22-23-20(24)27-13-18(25)21-17-9-7-6-8-15(17)5-2/h4,6-10,12H,1,5,11,13H2,2-3H3,(H,21,25). The quantitative estimate of drug-likeness (QED) is 0.464. The monoisotopic (exact) mass is 382 g/mol. The number of amides is 1. The Morgan fingerprint density at radius 1 is 1.33 bits per heavy atom. The van der Waals surface area contributed by atoms with Crippen molar-refractivity contribution < 1.29 is 9.21 Å². The SMILES string of the molecule is C=CCn1c(SCC(=O)Nc2ccccc2CC)nnc1-c1ccoc1C. The fourth-order valence-electron chi connectivity index (χ4n) is 2.77. The number of nitrogens with zero attached hydrogens (tertiary/aromatic N) is 3. The molecule has 0 aliphatic rings. The number of benzene rings is 1. The van der Waals surface area contributed by atoms with Gasteiger partial charge in [0.05, 0.1) is 17.6 Å². The van der Waals surface area contributed by atoms with Gasteiger partial charge in [-0.1, -0.05) is 43.0 Å². The average Bonchev–Trinajstić information content (AvgIpc) is 3.26. The first-order valence-corrected chi connectivity index (χ1v) is 9.71. The minimum Gasteiger partial charge on any atom is -0.469 e. The van der Waals surface area contributed by atoms with E-state index in [2.05, 4.69) is 29.0 Å². The van der Waals surface area contributed by atoms with Crippen LogP contribution < -0.4 is 5.32 Å². The van der Waals surface area contributed by atoms with Crippen molar-refractivity contribution in [2.75, 3.05) is 11.1 Å². The number of carbonyl (C=O) groups excluding carboxylic acids is 1. The van der Waals surface area contributed by atoms with Gasteiger partial charge in [-0.15, -0.1) is 16.8 Å². The maximum atomic E-state index is 12.4. The Morgan fingerprint density at radius 2 is 2.15 bits per heavy atom. The number of carbonyl (C=O) groups is 1. The number of rotatable bonds is 8. The van der Waals surface area contributed by atoms with Crippen LogP contribution in [0.15, 0.2) is 58.8 Å². The molecule has 0 saturated heterocycles. The van der Waals surface area contributed by atoms with Crippen LogP contribution in [-0.2, 0) is 17.8 Å². The molecule has 0 spiro atoms. The van der Waals surface area contributed by atoms with E-state index in [-0.39, 0.29) is 11.7 Å². The van der Waals surface area contributed by atoms with E-state index >= 15 is 0 Å². The number of para-hydroxylation sites is 1. The van der Waals surface area contributed by atoms with Crippen LogP contribution in [0.5, 0.6) is 0 Å². The minimum absolute atomic E-state index is 0.0740. The summed E-state index contributed by atoms with van der Waals surface area (Å²) in [6, 6.07) is 9.69. The van der Waals surface area contributed by atoms with Gasteiger partial charge in [-0.2, -0.15) is 0 Å². The van der Waals surface area contributed by atoms with Crippen LogP contribution >= 0.6 is 11.8 Å². The lowest BCUT2D eigenvalue weighted by Crippen LogP contribution is -2.15. The highest BCUT2D eigenvalue weighted by molar-refractivity contribution is 7.99. The van der Waals surface area contributed by atoms with E-state index in [1.54, 1.807) is 12.3 Å². The first-order valence-electron chi connectivity index (χ1n) is 8.73. The van der Waals surface area contributed by atoms with Crippen molar-refractivity contribution in [3.05, 3.63) is 60.6 Å². The van der Waals surface area contributed by atoms with Crippen LogP contribution in [0.3, 0.4) is 0 Å². The Kier molecular flexibility index (Phi) is 6.13. The largest absolute Gasteiger partial charge is 0.469 e.